The fraction of sp³-hybridized carbons (Fsp3) is 0.200. The van der Waals surface area contributed by atoms with Gasteiger partial charge in [-0.25, -0.2) is 10.5 Å². The van der Waals surface area contributed by atoms with E-state index in [0.717, 1.165) is 14.6 Å². The number of fused-ring (bicyclic) bond motifs is 4. The van der Waals surface area contributed by atoms with Crippen molar-refractivity contribution in [2.45, 2.75) is 33.1 Å². The van der Waals surface area contributed by atoms with E-state index in [9.17, 15) is 0 Å². The predicted octanol–water partition coefficient (Wildman–Crippen LogP) is 9.87. The van der Waals surface area contributed by atoms with E-state index in [2.05, 4.69) is 59.5 Å². The summed E-state index contributed by atoms with van der Waals surface area (Å²) in [4.78, 5) is 19.4. The molecule has 4 heterocycles. The lowest BCUT2D eigenvalue weighted by atomic mass is 9.79. The second-order valence-electron chi connectivity index (χ2n) is 10.3. The molecule has 0 atom stereocenters. The molecule has 0 unspecified atom stereocenters. The lowest BCUT2D eigenvalue weighted by Gasteiger charge is -2.26. The molecule has 6 nitrogen and oxygen atoms in total. The number of nitrogens with zero attached hydrogens (tertiary/aromatic N) is 6. The molecule has 0 aromatic carbocycles. The predicted molar refractivity (Wildman–Crippen MR) is 168 cm³/mol. The van der Waals surface area contributed by atoms with Gasteiger partial charge in [0.1, 0.15) is 12.1 Å². The Kier molecular flexibility index (Phi) is 6.00. The van der Waals surface area contributed by atoms with Crippen molar-refractivity contribution < 1.29 is 0 Å². The van der Waals surface area contributed by atoms with E-state index in [1.807, 2.05) is 47.7 Å². The Morgan fingerprint density at radius 2 is 1.40 bits per heavy atom. The fourth-order valence-electron chi connectivity index (χ4n) is 5.45. The van der Waals surface area contributed by atoms with Crippen LogP contribution in [0.1, 0.15) is 43.0 Å². The normalized spacial score (nSPS) is 17.1. The van der Waals surface area contributed by atoms with Gasteiger partial charge < -0.3 is 9.69 Å². The van der Waals surface area contributed by atoms with Crippen molar-refractivity contribution in [3.05, 3.63) is 80.1 Å². The number of rotatable bonds is 4. The van der Waals surface area contributed by atoms with Gasteiger partial charge in [-0.15, -0.1) is 22.7 Å². The summed E-state index contributed by atoms with van der Waals surface area (Å²) >= 11 is 6.65. The first-order valence-electron chi connectivity index (χ1n) is 12.1. The molecule has 6 rings (SSSR count). The van der Waals surface area contributed by atoms with Crippen LogP contribution in [-0.4, -0.2) is 11.7 Å². The summed E-state index contributed by atoms with van der Waals surface area (Å²) in [7, 11) is 0. The maximum Gasteiger partial charge on any atom is 0.350 e. The Morgan fingerprint density at radius 1 is 0.800 bits per heavy atom. The average molecular weight is 591 g/mol. The molecule has 0 bridgehead atoms. The van der Waals surface area contributed by atoms with Crippen LogP contribution in [0.15, 0.2) is 52.0 Å². The molecule has 0 aliphatic heterocycles. The van der Waals surface area contributed by atoms with E-state index in [0.29, 0.717) is 10.0 Å². The van der Waals surface area contributed by atoms with Crippen molar-refractivity contribution in [1.82, 2.24) is 0 Å². The van der Waals surface area contributed by atoms with Crippen LogP contribution in [0.2, 0.25) is 0 Å². The topological polar surface area (TPSA) is 81.0 Å². The molecule has 0 N–H and O–H groups in total. The Hall–Kier alpha value is -4.16. The molecule has 0 saturated heterocycles. The van der Waals surface area contributed by atoms with Gasteiger partial charge in [0.25, 0.3) is 0 Å². The van der Waals surface area contributed by atoms with Crippen LogP contribution in [0.3, 0.4) is 0 Å². The number of hydrogen-bond donors (Lipinski definition) is 0. The lowest BCUT2D eigenvalue weighted by Crippen LogP contribution is -2.15. The standard InChI is InChI=1S/C30H18N6S4/c1-29(2)15(17-7-9-23(37-17)35-21(13-31)33-5)11-16-25(29)28-26(30(16,3)4)27-20(40-28)12-19(39-27)18-8-10-24(38-18)36-22(14-32)34-6/h7-12H,1-4H3. The minimum Gasteiger partial charge on any atom is -0.351 e. The van der Waals surface area contributed by atoms with Crippen molar-refractivity contribution in [3.63, 3.8) is 0 Å². The third-order valence-electron chi connectivity index (χ3n) is 7.28. The van der Waals surface area contributed by atoms with E-state index in [1.165, 1.54) is 59.2 Å². The maximum atomic E-state index is 9.09. The molecule has 4 aromatic rings. The Morgan fingerprint density at radius 3 is 2.00 bits per heavy atom. The van der Waals surface area contributed by atoms with E-state index < -0.39 is 0 Å². The Labute approximate surface area is 247 Å². The minimum absolute atomic E-state index is 0.153. The smallest absolute Gasteiger partial charge is 0.350 e. The van der Waals surface area contributed by atoms with Gasteiger partial charge in [0.05, 0.1) is 4.70 Å². The van der Waals surface area contributed by atoms with Gasteiger partial charge in [0, 0.05) is 35.0 Å². The number of nitriles is 2. The molecular weight excluding hydrogens is 573 g/mol. The minimum atomic E-state index is -0.209. The number of thiophene rings is 4. The Bertz CT molecular complexity index is 2020. The summed E-state index contributed by atoms with van der Waals surface area (Å²) in [5.41, 5.74) is 4.98. The highest BCUT2D eigenvalue weighted by atomic mass is 32.1. The largest absolute Gasteiger partial charge is 0.351 e. The molecular formula is C30H18N6S4. The van der Waals surface area contributed by atoms with Gasteiger partial charge in [-0.05, 0) is 52.6 Å². The van der Waals surface area contributed by atoms with Crippen LogP contribution >= 0.6 is 45.3 Å². The molecule has 0 saturated carbocycles. The number of aliphatic imine (C=N–C) groups is 2. The molecule has 192 valence electrons. The number of amidine groups is 2. The van der Waals surface area contributed by atoms with Crippen LogP contribution in [0.5, 0.6) is 0 Å². The molecule has 0 fully saturated rings. The first-order valence-corrected chi connectivity index (χ1v) is 15.4. The highest BCUT2D eigenvalue weighted by molar-refractivity contribution is 7.32. The number of allylic oxidation sites excluding steroid dienone is 4. The summed E-state index contributed by atoms with van der Waals surface area (Å²) in [5, 5.41) is 19.4. The third-order valence-corrected chi connectivity index (χ3v) is 11.9. The van der Waals surface area contributed by atoms with E-state index in [4.69, 9.17) is 23.7 Å². The van der Waals surface area contributed by atoms with Crippen molar-refractivity contribution in [1.29, 1.82) is 10.5 Å². The van der Waals surface area contributed by atoms with Crippen LogP contribution in [-0.2, 0) is 5.41 Å². The first-order chi connectivity index (χ1) is 19.1. The van der Waals surface area contributed by atoms with Gasteiger partial charge >= 0.3 is 11.7 Å². The van der Waals surface area contributed by atoms with E-state index >= 15 is 0 Å². The molecule has 40 heavy (non-hydrogen) atoms. The monoisotopic (exact) mass is 590 g/mol. The summed E-state index contributed by atoms with van der Waals surface area (Å²) in [6, 6.07) is 13.7. The molecule has 0 spiro atoms. The van der Waals surface area contributed by atoms with Crippen LogP contribution in [0, 0.1) is 41.2 Å². The summed E-state index contributed by atoms with van der Waals surface area (Å²) in [6.45, 7) is 23.4. The third kappa shape index (κ3) is 3.81. The zero-order valence-corrected chi connectivity index (χ0v) is 25.0. The number of hydrogen-bond acceptors (Lipinski definition) is 8. The van der Waals surface area contributed by atoms with Crippen LogP contribution in [0.4, 0.5) is 10.0 Å². The summed E-state index contributed by atoms with van der Waals surface area (Å²) in [5.74, 6) is -0.308. The van der Waals surface area contributed by atoms with Gasteiger partial charge in [-0.2, -0.15) is 0 Å². The molecule has 0 radical (unpaired) electrons. The fourth-order valence-corrected chi connectivity index (χ4v) is 10.6. The quantitative estimate of drug-likeness (QED) is 0.135. The molecule has 10 heteroatoms. The summed E-state index contributed by atoms with van der Waals surface area (Å²) in [6.07, 6.45) is 2.34. The SMILES string of the molecule is [C-]#[N+]C(C#N)=Nc1ccc(C2=CC3=C(c4sc5cc(-c6ccc(N=C(C#N)[N+]#[C-])s6)sc5c4C3(C)C)C2(C)C)s1. The van der Waals surface area contributed by atoms with Gasteiger partial charge in [0.2, 0.25) is 10.0 Å². The lowest BCUT2D eigenvalue weighted by molar-refractivity contribution is 0.660. The van der Waals surface area contributed by atoms with Gasteiger partial charge in [0.15, 0.2) is 0 Å². The second kappa shape index (κ2) is 9.20. The molecule has 4 aromatic heterocycles. The highest BCUT2D eigenvalue weighted by Gasteiger charge is 2.50. The second-order valence-corrected chi connectivity index (χ2v) is 14.5. The van der Waals surface area contributed by atoms with Crippen molar-refractivity contribution >= 4 is 87.6 Å². The van der Waals surface area contributed by atoms with Crippen LogP contribution < -0.4 is 0 Å². The van der Waals surface area contributed by atoms with Crippen molar-refractivity contribution in [2.24, 2.45) is 15.4 Å². The zero-order chi connectivity index (χ0) is 28.4. The van der Waals surface area contributed by atoms with Gasteiger partial charge in [-0.1, -0.05) is 79.6 Å². The highest BCUT2D eigenvalue weighted by Crippen LogP contribution is 2.66. The van der Waals surface area contributed by atoms with Crippen molar-refractivity contribution in [2.75, 3.05) is 0 Å². The Balaban J connectivity index is 1.38. The van der Waals surface area contributed by atoms with E-state index in [-0.39, 0.29) is 22.5 Å². The molecule has 2 aliphatic carbocycles. The van der Waals surface area contributed by atoms with Gasteiger partial charge in [-0.3, -0.25) is 0 Å². The molecule has 2 aliphatic rings. The van der Waals surface area contributed by atoms with Crippen LogP contribution in [0.25, 0.3) is 40.0 Å². The maximum absolute atomic E-state index is 9.09. The summed E-state index contributed by atoms with van der Waals surface area (Å²) < 4.78 is 2.58. The van der Waals surface area contributed by atoms with Crippen molar-refractivity contribution in [3.8, 4) is 21.9 Å². The average Bonchev–Trinajstić information content (AvgIpc) is 3.74. The molecule has 0 amide bonds. The van der Waals surface area contributed by atoms with E-state index in [1.54, 1.807) is 11.3 Å². The zero-order valence-electron chi connectivity index (χ0n) is 21.8. The first kappa shape index (κ1) is 26.1.